The summed E-state index contributed by atoms with van der Waals surface area (Å²) in [6.45, 7) is 18.3. The quantitative estimate of drug-likeness (QED) is 0.403. The Morgan fingerprint density at radius 3 is 2.42 bits per heavy atom. The van der Waals surface area contributed by atoms with E-state index < -0.39 is 0 Å². The Morgan fingerprint density at radius 1 is 1.17 bits per heavy atom. The molecule has 24 heavy (non-hydrogen) atoms. The minimum Gasteiger partial charge on any atom is -0.357 e. The van der Waals surface area contributed by atoms with Crippen molar-refractivity contribution in [2.45, 2.75) is 59.9 Å². The lowest BCUT2D eigenvalue weighted by Crippen LogP contribution is -2.49. The molecular weight excluding hydrogens is 411 g/mol. The first-order valence-corrected chi connectivity index (χ1v) is 9.76. The summed E-state index contributed by atoms with van der Waals surface area (Å²) in [7, 11) is 0. The number of hydrogen-bond acceptors (Lipinski definition) is 2. The molecule has 5 heteroatoms. The summed E-state index contributed by atoms with van der Waals surface area (Å²) in [4.78, 5) is 10.1. The maximum atomic E-state index is 5.03. The van der Waals surface area contributed by atoms with Crippen LogP contribution in [0, 0.1) is 17.8 Å². The maximum absolute atomic E-state index is 5.03. The van der Waals surface area contributed by atoms with E-state index in [2.05, 4.69) is 49.7 Å². The average molecular weight is 450 g/mol. The molecule has 0 aromatic heterocycles. The highest BCUT2D eigenvalue weighted by molar-refractivity contribution is 14.0. The maximum Gasteiger partial charge on any atom is 0.193 e. The molecule has 4 nitrogen and oxygen atoms in total. The fourth-order valence-corrected chi connectivity index (χ4v) is 4.19. The van der Waals surface area contributed by atoms with Gasteiger partial charge in [0.1, 0.15) is 0 Å². The van der Waals surface area contributed by atoms with E-state index in [9.17, 15) is 0 Å². The van der Waals surface area contributed by atoms with E-state index in [0.29, 0.717) is 6.04 Å². The molecule has 2 heterocycles. The number of rotatable bonds is 4. The fourth-order valence-electron chi connectivity index (χ4n) is 4.19. The molecule has 142 valence electrons. The first-order valence-electron chi connectivity index (χ1n) is 9.76. The van der Waals surface area contributed by atoms with Gasteiger partial charge in [-0.25, -0.2) is 0 Å². The van der Waals surface area contributed by atoms with Crippen LogP contribution in [0.3, 0.4) is 0 Å². The van der Waals surface area contributed by atoms with E-state index in [4.69, 9.17) is 4.99 Å². The monoisotopic (exact) mass is 450 g/mol. The van der Waals surface area contributed by atoms with Crippen LogP contribution in [0.4, 0.5) is 0 Å². The fraction of sp³-hybridized carbons (Fsp3) is 0.947. The Balaban J connectivity index is 0.00000288. The van der Waals surface area contributed by atoms with Gasteiger partial charge >= 0.3 is 0 Å². The standard InChI is InChI=1S/C19H38N4.HI/c1-6-20-19(23-12-16(4)10-17(5)13-23)21-11-18-8-7-9-22(14-18)15(2)3;/h15-18H,6-14H2,1-5H3,(H,20,21);1H. The molecule has 0 aliphatic carbocycles. The van der Waals surface area contributed by atoms with E-state index in [1.54, 1.807) is 0 Å². The van der Waals surface area contributed by atoms with Crippen LogP contribution in [-0.2, 0) is 0 Å². The van der Waals surface area contributed by atoms with Crippen LogP contribution in [0.15, 0.2) is 4.99 Å². The van der Waals surface area contributed by atoms with Gasteiger partial charge in [0.05, 0.1) is 0 Å². The van der Waals surface area contributed by atoms with Crippen molar-refractivity contribution < 1.29 is 0 Å². The number of nitrogens with zero attached hydrogens (tertiary/aromatic N) is 3. The summed E-state index contributed by atoms with van der Waals surface area (Å²) < 4.78 is 0. The van der Waals surface area contributed by atoms with Crippen molar-refractivity contribution in [3.63, 3.8) is 0 Å². The SMILES string of the molecule is CCNC(=NCC1CCCN(C(C)C)C1)N1CC(C)CC(C)C1.I. The third-order valence-corrected chi connectivity index (χ3v) is 5.28. The molecule has 3 unspecified atom stereocenters. The Morgan fingerprint density at radius 2 is 1.83 bits per heavy atom. The van der Waals surface area contributed by atoms with Crippen molar-refractivity contribution in [2.75, 3.05) is 39.3 Å². The lowest BCUT2D eigenvalue weighted by atomic mass is 9.92. The molecule has 3 atom stereocenters. The summed E-state index contributed by atoms with van der Waals surface area (Å²) in [5.74, 6) is 3.41. The van der Waals surface area contributed by atoms with E-state index in [0.717, 1.165) is 49.9 Å². The topological polar surface area (TPSA) is 30.9 Å². The molecule has 0 aromatic rings. The molecule has 1 N–H and O–H groups in total. The van der Waals surface area contributed by atoms with Crippen molar-refractivity contribution in [2.24, 2.45) is 22.7 Å². The highest BCUT2D eigenvalue weighted by atomic mass is 127. The molecule has 0 radical (unpaired) electrons. The van der Waals surface area contributed by atoms with Gasteiger partial charge in [0.2, 0.25) is 0 Å². The van der Waals surface area contributed by atoms with Gasteiger partial charge in [-0.3, -0.25) is 4.99 Å². The second kappa shape index (κ2) is 10.8. The second-order valence-corrected chi connectivity index (χ2v) is 8.14. The van der Waals surface area contributed by atoms with Gasteiger partial charge in [0, 0.05) is 38.8 Å². The van der Waals surface area contributed by atoms with Crippen LogP contribution in [0.25, 0.3) is 0 Å². The molecule has 2 aliphatic rings. The predicted octanol–water partition coefficient (Wildman–Crippen LogP) is 3.67. The van der Waals surface area contributed by atoms with Crippen molar-refractivity contribution in [1.82, 2.24) is 15.1 Å². The minimum absolute atomic E-state index is 0. The number of likely N-dealkylation sites (tertiary alicyclic amines) is 2. The second-order valence-electron chi connectivity index (χ2n) is 8.14. The summed E-state index contributed by atoms with van der Waals surface area (Å²) in [6.07, 6.45) is 4.01. The Hall–Kier alpha value is -0.0400. The first-order chi connectivity index (χ1) is 11.0. The number of guanidine groups is 1. The van der Waals surface area contributed by atoms with Gasteiger partial charge in [-0.2, -0.15) is 0 Å². The summed E-state index contributed by atoms with van der Waals surface area (Å²) >= 11 is 0. The molecular formula is C19H39IN4. The van der Waals surface area contributed by atoms with Crippen molar-refractivity contribution in [3.8, 4) is 0 Å². The molecule has 2 saturated heterocycles. The van der Waals surface area contributed by atoms with Gasteiger partial charge in [-0.15, -0.1) is 24.0 Å². The van der Waals surface area contributed by atoms with Crippen LogP contribution in [0.2, 0.25) is 0 Å². The van der Waals surface area contributed by atoms with E-state index in [1.165, 1.54) is 32.4 Å². The van der Waals surface area contributed by atoms with Crippen molar-refractivity contribution >= 4 is 29.9 Å². The Labute approximate surface area is 166 Å². The Kier molecular flexibility index (Phi) is 9.94. The van der Waals surface area contributed by atoms with Crippen molar-refractivity contribution in [1.29, 1.82) is 0 Å². The number of aliphatic imine (C=N–C) groups is 1. The van der Waals surface area contributed by atoms with Crippen LogP contribution in [0.5, 0.6) is 0 Å². The van der Waals surface area contributed by atoms with Crippen molar-refractivity contribution in [3.05, 3.63) is 0 Å². The smallest absolute Gasteiger partial charge is 0.193 e. The molecule has 2 aliphatic heterocycles. The molecule has 0 saturated carbocycles. The average Bonchev–Trinajstić information content (AvgIpc) is 2.50. The molecule has 0 amide bonds. The third kappa shape index (κ3) is 6.70. The third-order valence-electron chi connectivity index (χ3n) is 5.28. The minimum atomic E-state index is 0. The summed E-state index contributed by atoms with van der Waals surface area (Å²) in [5, 5.41) is 3.53. The largest absolute Gasteiger partial charge is 0.357 e. The van der Waals surface area contributed by atoms with E-state index in [-0.39, 0.29) is 24.0 Å². The van der Waals surface area contributed by atoms with E-state index in [1.807, 2.05) is 0 Å². The van der Waals surface area contributed by atoms with Crippen LogP contribution in [-0.4, -0.2) is 61.1 Å². The van der Waals surface area contributed by atoms with E-state index >= 15 is 0 Å². The molecule has 2 rings (SSSR count). The highest BCUT2D eigenvalue weighted by Crippen LogP contribution is 2.22. The number of piperidine rings is 2. The van der Waals surface area contributed by atoms with Crippen LogP contribution < -0.4 is 5.32 Å². The molecule has 0 aromatic carbocycles. The lowest BCUT2D eigenvalue weighted by Gasteiger charge is -2.38. The van der Waals surface area contributed by atoms with Crippen LogP contribution >= 0.6 is 24.0 Å². The lowest BCUT2D eigenvalue weighted by molar-refractivity contribution is 0.143. The van der Waals surface area contributed by atoms with Gasteiger partial charge in [-0.1, -0.05) is 13.8 Å². The normalized spacial score (nSPS) is 29.5. The zero-order valence-corrected chi connectivity index (χ0v) is 18.8. The van der Waals surface area contributed by atoms with Gasteiger partial charge in [0.25, 0.3) is 0 Å². The molecule has 0 bridgehead atoms. The Bertz CT molecular complexity index is 376. The zero-order valence-electron chi connectivity index (χ0n) is 16.4. The number of halogens is 1. The molecule has 0 spiro atoms. The first kappa shape index (κ1) is 22.0. The summed E-state index contributed by atoms with van der Waals surface area (Å²) in [5.41, 5.74) is 0. The van der Waals surface area contributed by atoms with Gasteiger partial charge < -0.3 is 15.1 Å². The predicted molar refractivity (Wildman–Crippen MR) is 115 cm³/mol. The summed E-state index contributed by atoms with van der Waals surface area (Å²) in [6, 6.07) is 0.666. The highest BCUT2D eigenvalue weighted by Gasteiger charge is 2.25. The van der Waals surface area contributed by atoms with Gasteiger partial charge in [-0.05, 0) is 64.3 Å². The number of hydrogen-bond donors (Lipinski definition) is 1. The van der Waals surface area contributed by atoms with Gasteiger partial charge in [0.15, 0.2) is 5.96 Å². The van der Waals surface area contributed by atoms with Crippen LogP contribution in [0.1, 0.15) is 53.9 Å². The zero-order chi connectivity index (χ0) is 16.8. The molecule has 2 fully saturated rings. The number of nitrogens with one attached hydrogen (secondary N) is 1.